The summed E-state index contributed by atoms with van der Waals surface area (Å²) in [7, 11) is 0. The quantitative estimate of drug-likeness (QED) is 0.113. The molecule has 0 amide bonds. The molecule has 1 atom stereocenters. The van der Waals surface area contributed by atoms with Crippen molar-refractivity contribution < 1.29 is 18.6 Å². The number of esters is 1. The Morgan fingerprint density at radius 1 is 0.795 bits per heavy atom. The summed E-state index contributed by atoms with van der Waals surface area (Å²) in [5.74, 6) is 1.10. The SMILES string of the molecule is CCOC(=O)C(C)N(Cc1ccccc1)[P+]1([Se-])Oc2ccc3ccccc3c2-c2c(ccc3ccccc23)O1. The van der Waals surface area contributed by atoms with Crippen LogP contribution in [0.15, 0.2) is 103 Å². The third-order valence-electron chi connectivity index (χ3n) is 7.04. The van der Waals surface area contributed by atoms with Crippen LogP contribution in [0.4, 0.5) is 0 Å². The van der Waals surface area contributed by atoms with Gasteiger partial charge in [0.1, 0.15) is 0 Å². The Bertz CT molecular complexity index is 1590. The van der Waals surface area contributed by atoms with Crippen molar-refractivity contribution in [2.24, 2.45) is 0 Å². The fourth-order valence-electron chi connectivity index (χ4n) is 5.13. The zero-order chi connectivity index (χ0) is 27.0. The van der Waals surface area contributed by atoms with Gasteiger partial charge in [-0.2, -0.15) is 0 Å². The number of nitrogens with zero attached hydrogens (tertiary/aromatic N) is 1. The van der Waals surface area contributed by atoms with Crippen LogP contribution in [0, 0.1) is 0 Å². The van der Waals surface area contributed by atoms with Gasteiger partial charge in [0.25, 0.3) is 0 Å². The molecule has 0 saturated heterocycles. The third kappa shape index (κ3) is 4.79. The van der Waals surface area contributed by atoms with Crippen molar-refractivity contribution in [3.63, 3.8) is 0 Å². The number of ether oxygens (including phenoxy) is 1. The van der Waals surface area contributed by atoms with Gasteiger partial charge in [-0.25, -0.2) is 0 Å². The second-order valence-electron chi connectivity index (χ2n) is 9.48. The Hall–Kier alpha value is -3.40. The van der Waals surface area contributed by atoms with Crippen LogP contribution < -0.4 is 9.05 Å². The van der Waals surface area contributed by atoms with Crippen LogP contribution in [0.3, 0.4) is 0 Å². The van der Waals surface area contributed by atoms with E-state index in [0.717, 1.165) is 38.2 Å². The van der Waals surface area contributed by atoms with Crippen LogP contribution in [0.1, 0.15) is 19.4 Å². The predicted molar refractivity (Wildman–Crippen MR) is 159 cm³/mol. The summed E-state index contributed by atoms with van der Waals surface area (Å²) in [4.78, 5) is 13.1. The van der Waals surface area contributed by atoms with E-state index in [1.54, 1.807) is 0 Å². The standard InChI is InChI=1S/C32H28NO4PSe/c1-3-35-32(34)22(2)33(21-23-11-5-4-6-12-23)38(39)36-28-19-17-24-13-7-9-15-26(24)30(28)31-27-16-10-8-14-25(27)18-20-29(31)37-38/h4-20,22H,3,21H2,1-2H3. The average molecular weight is 601 g/mol. The van der Waals surface area contributed by atoms with Gasteiger partial charge in [0.15, 0.2) is 0 Å². The minimum absolute atomic E-state index is 0.298. The molecule has 0 bridgehead atoms. The molecule has 6 rings (SSSR count). The number of hydrogen-bond acceptors (Lipinski definition) is 5. The number of rotatable bonds is 6. The van der Waals surface area contributed by atoms with Crippen molar-refractivity contribution in [3.8, 4) is 22.6 Å². The first-order chi connectivity index (χ1) is 19.0. The summed E-state index contributed by atoms with van der Waals surface area (Å²) >= 11 is 3.29. The van der Waals surface area contributed by atoms with Crippen molar-refractivity contribution >= 4 is 49.6 Å². The fourth-order valence-corrected chi connectivity index (χ4v) is 9.30. The summed E-state index contributed by atoms with van der Waals surface area (Å²) < 4.78 is 21.3. The normalized spacial score (nSPS) is 14.6. The maximum absolute atomic E-state index is 13.1. The molecule has 196 valence electrons. The molecule has 1 aliphatic rings. The van der Waals surface area contributed by atoms with Crippen LogP contribution in [-0.4, -0.2) is 38.9 Å². The monoisotopic (exact) mass is 601 g/mol. The molecule has 0 aromatic heterocycles. The van der Waals surface area contributed by atoms with E-state index in [1.165, 1.54) is 0 Å². The van der Waals surface area contributed by atoms with Crippen molar-refractivity contribution in [1.29, 1.82) is 0 Å². The molecule has 0 aliphatic carbocycles. The van der Waals surface area contributed by atoms with Gasteiger partial charge in [-0.3, -0.25) is 0 Å². The van der Waals surface area contributed by atoms with E-state index in [-0.39, 0.29) is 5.97 Å². The Morgan fingerprint density at radius 2 is 1.31 bits per heavy atom. The zero-order valence-electron chi connectivity index (χ0n) is 21.7. The van der Waals surface area contributed by atoms with Gasteiger partial charge in [0.05, 0.1) is 0 Å². The van der Waals surface area contributed by atoms with Gasteiger partial charge in [-0.1, -0.05) is 0 Å². The van der Waals surface area contributed by atoms with E-state index in [2.05, 4.69) is 52.0 Å². The molecule has 39 heavy (non-hydrogen) atoms. The topological polar surface area (TPSA) is 48.0 Å². The Labute approximate surface area is 236 Å². The van der Waals surface area contributed by atoms with Crippen LogP contribution in [0.5, 0.6) is 11.5 Å². The van der Waals surface area contributed by atoms with Crippen LogP contribution in [-0.2, 0) is 16.1 Å². The van der Waals surface area contributed by atoms with Gasteiger partial charge in [-0.15, -0.1) is 0 Å². The van der Waals surface area contributed by atoms with Gasteiger partial charge in [0.2, 0.25) is 0 Å². The molecular formula is C32H28NO4PSe. The zero-order valence-corrected chi connectivity index (χ0v) is 24.3. The summed E-state index contributed by atoms with van der Waals surface area (Å²) in [5.41, 5.74) is 3.01. The molecule has 5 nitrogen and oxygen atoms in total. The second-order valence-corrected chi connectivity index (χ2v) is 14.2. The first-order valence-corrected chi connectivity index (χ1v) is 16.8. The molecule has 0 spiro atoms. The van der Waals surface area contributed by atoms with Crippen molar-refractivity contribution in [3.05, 3.63) is 109 Å². The number of hydrogen-bond donors (Lipinski definition) is 0. The molecule has 7 heteroatoms. The van der Waals surface area contributed by atoms with E-state index < -0.39 is 12.6 Å². The first kappa shape index (κ1) is 25.9. The third-order valence-corrected chi connectivity index (χ3v) is 11.3. The Morgan fingerprint density at radius 3 is 1.85 bits per heavy atom. The second kappa shape index (κ2) is 10.6. The number of benzene rings is 5. The molecule has 0 N–H and O–H groups in total. The number of carbonyl (C=O) groups is 1. The molecule has 1 unspecified atom stereocenters. The van der Waals surface area contributed by atoms with E-state index in [4.69, 9.17) is 13.8 Å². The molecule has 0 fully saturated rings. The first-order valence-electron chi connectivity index (χ1n) is 13.0. The van der Waals surface area contributed by atoms with Gasteiger partial charge in [-0.05, 0) is 0 Å². The van der Waals surface area contributed by atoms with Crippen LogP contribution >= 0.6 is 6.56 Å². The number of carbonyl (C=O) groups excluding carboxylic acids is 1. The predicted octanol–water partition coefficient (Wildman–Crippen LogP) is 7.73. The Kier molecular flexibility index (Phi) is 7.05. The van der Waals surface area contributed by atoms with Crippen LogP contribution in [0.25, 0.3) is 32.7 Å². The molecule has 1 heterocycles. The molecule has 5 aromatic carbocycles. The molecule has 0 saturated carbocycles. The summed E-state index contributed by atoms with van der Waals surface area (Å²) in [6, 6.07) is 34.2. The van der Waals surface area contributed by atoms with Crippen molar-refractivity contribution in [1.82, 2.24) is 4.67 Å². The summed E-state index contributed by atoms with van der Waals surface area (Å²) in [6.45, 7) is 1.37. The van der Waals surface area contributed by atoms with Crippen molar-refractivity contribution in [2.75, 3.05) is 6.61 Å². The van der Waals surface area contributed by atoms with Crippen LogP contribution in [0.2, 0.25) is 0 Å². The van der Waals surface area contributed by atoms with Crippen molar-refractivity contribution in [2.45, 2.75) is 26.4 Å². The molecule has 0 radical (unpaired) electrons. The molecule has 5 aromatic rings. The van der Waals surface area contributed by atoms with E-state index in [1.807, 2.05) is 85.2 Å². The fraction of sp³-hybridized carbons (Fsp3) is 0.156. The van der Waals surface area contributed by atoms with E-state index in [9.17, 15) is 4.79 Å². The van der Waals surface area contributed by atoms with Gasteiger partial charge < -0.3 is 0 Å². The molecule has 1 aliphatic heterocycles. The number of fused-ring (bicyclic) bond motifs is 7. The molecular weight excluding hydrogens is 572 g/mol. The van der Waals surface area contributed by atoms with Gasteiger partial charge in [0, 0.05) is 0 Å². The summed E-state index contributed by atoms with van der Waals surface area (Å²) in [6.07, 6.45) is 0. The van der Waals surface area contributed by atoms with E-state index in [0.29, 0.717) is 24.7 Å². The average Bonchev–Trinajstić information content (AvgIpc) is 3.10. The Balaban J connectivity index is 1.59. The van der Waals surface area contributed by atoms with E-state index >= 15 is 0 Å². The maximum atomic E-state index is 13.1. The van der Waals surface area contributed by atoms with Gasteiger partial charge >= 0.3 is 237 Å². The minimum atomic E-state index is -3.03. The summed E-state index contributed by atoms with van der Waals surface area (Å²) in [5, 5.41) is 4.40.